The Morgan fingerprint density at radius 3 is 2.44 bits per heavy atom. The van der Waals surface area contributed by atoms with E-state index in [0.717, 1.165) is 24.8 Å². The number of anilines is 2. The van der Waals surface area contributed by atoms with E-state index < -0.39 is 0 Å². The van der Waals surface area contributed by atoms with E-state index in [2.05, 4.69) is 6.92 Å². The van der Waals surface area contributed by atoms with E-state index in [1.54, 1.807) is 6.07 Å². The molecule has 0 saturated carbocycles. The van der Waals surface area contributed by atoms with Crippen LogP contribution in [0, 0.1) is 0 Å². The largest absolute Gasteiger partial charge is 0.465 e. The third-order valence-electron chi connectivity index (χ3n) is 2.68. The Morgan fingerprint density at radius 1 is 1.17 bits per heavy atom. The van der Waals surface area contributed by atoms with Gasteiger partial charge >= 0.3 is 5.97 Å². The summed E-state index contributed by atoms with van der Waals surface area (Å²) in [5, 5.41) is 0. The highest BCUT2D eigenvalue weighted by atomic mass is 16.5. The van der Waals surface area contributed by atoms with Crippen molar-refractivity contribution in [3.05, 3.63) is 23.8 Å². The lowest BCUT2D eigenvalue weighted by atomic mass is 10.1. The van der Waals surface area contributed by atoms with Crippen LogP contribution in [-0.2, 0) is 16.0 Å². The summed E-state index contributed by atoms with van der Waals surface area (Å²) in [6.07, 6.45) is 4.24. The Balaban J connectivity index is 2.26. The minimum Gasteiger partial charge on any atom is -0.465 e. The average Bonchev–Trinajstić information content (AvgIpc) is 2.28. The molecule has 0 aromatic heterocycles. The summed E-state index contributed by atoms with van der Waals surface area (Å²) in [6.45, 7) is 2.49. The standard InChI is InChI=1S/C14H22N2O2/c1-2-3-4-5-14(17)18-7-6-11-8-12(15)10-13(16)9-11/h8-10H,2-7,15-16H2,1H3. The minimum atomic E-state index is -0.125. The van der Waals surface area contributed by atoms with Crippen LogP contribution >= 0.6 is 0 Å². The fraction of sp³-hybridized carbons (Fsp3) is 0.500. The summed E-state index contributed by atoms with van der Waals surface area (Å²) < 4.78 is 5.15. The fourth-order valence-electron chi connectivity index (χ4n) is 1.76. The molecule has 18 heavy (non-hydrogen) atoms. The average molecular weight is 250 g/mol. The predicted molar refractivity (Wildman–Crippen MR) is 74.1 cm³/mol. The number of hydrogen-bond donors (Lipinski definition) is 2. The van der Waals surface area contributed by atoms with Gasteiger partial charge in [-0.05, 0) is 30.2 Å². The minimum absolute atomic E-state index is 0.125. The molecule has 0 aliphatic rings. The van der Waals surface area contributed by atoms with Crippen molar-refractivity contribution in [2.45, 2.75) is 39.0 Å². The number of esters is 1. The molecular formula is C14H22N2O2. The SMILES string of the molecule is CCCCCC(=O)OCCc1cc(N)cc(N)c1. The molecule has 0 fully saturated rings. The zero-order valence-electron chi connectivity index (χ0n) is 10.9. The van der Waals surface area contributed by atoms with Crippen molar-refractivity contribution >= 4 is 17.3 Å². The van der Waals surface area contributed by atoms with Gasteiger partial charge in [-0.15, -0.1) is 0 Å². The number of carbonyl (C=O) groups excluding carboxylic acids is 1. The number of nitrogen functional groups attached to an aromatic ring is 2. The summed E-state index contributed by atoms with van der Waals surface area (Å²) in [7, 11) is 0. The molecule has 0 bridgehead atoms. The molecule has 4 nitrogen and oxygen atoms in total. The third-order valence-corrected chi connectivity index (χ3v) is 2.68. The summed E-state index contributed by atoms with van der Waals surface area (Å²) in [4.78, 5) is 11.4. The predicted octanol–water partition coefficient (Wildman–Crippen LogP) is 2.52. The van der Waals surface area contributed by atoms with Gasteiger partial charge in [-0.25, -0.2) is 0 Å². The molecule has 4 heteroatoms. The number of rotatable bonds is 7. The summed E-state index contributed by atoms with van der Waals surface area (Å²) in [5.41, 5.74) is 13.6. The van der Waals surface area contributed by atoms with Crippen molar-refractivity contribution in [2.75, 3.05) is 18.1 Å². The lowest BCUT2D eigenvalue weighted by Crippen LogP contribution is -2.07. The highest BCUT2D eigenvalue weighted by Crippen LogP contribution is 2.14. The Kier molecular flexibility index (Phi) is 6.05. The molecule has 100 valence electrons. The Bertz CT molecular complexity index is 371. The number of benzene rings is 1. The second-order valence-corrected chi connectivity index (χ2v) is 4.44. The van der Waals surface area contributed by atoms with Crippen LogP contribution in [0.2, 0.25) is 0 Å². The van der Waals surface area contributed by atoms with E-state index in [1.165, 1.54) is 0 Å². The first kappa shape index (κ1) is 14.4. The maximum atomic E-state index is 11.4. The second-order valence-electron chi connectivity index (χ2n) is 4.44. The number of nitrogens with two attached hydrogens (primary N) is 2. The van der Waals surface area contributed by atoms with E-state index in [0.29, 0.717) is 30.8 Å². The third kappa shape index (κ3) is 5.57. The van der Waals surface area contributed by atoms with E-state index in [-0.39, 0.29) is 5.97 Å². The highest BCUT2D eigenvalue weighted by molar-refractivity contribution is 5.69. The molecule has 0 aliphatic carbocycles. The van der Waals surface area contributed by atoms with Crippen molar-refractivity contribution < 1.29 is 9.53 Å². The molecular weight excluding hydrogens is 228 g/mol. The van der Waals surface area contributed by atoms with Gasteiger partial charge in [0, 0.05) is 24.2 Å². The fourth-order valence-corrected chi connectivity index (χ4v) is 1.76. The van der Waals surface area contributed by atoms with Crippen LogP contribution in [0.1, 0.15) is 38.2 Å². The second kappa shape index (κ2) is 7.58. The first-order valence-corrected chi connectivity index (χ1v) is 6.42. The molecule has 0 unspecified atom stereocenters. The number of hydrogen-bond acceptors (Lipinski definition) is 4. The van der Waals surface area contributed by atoms with Crippen LogP contribution in [0.3, 0.4) is 0 Å². The normalized spacial score (nSPS) is 10.3. The Labute approximate surface area is 108 Å². The van der Waals surface area contributed by atoms with Crippen LogP contribution in [0.4, 0.5) is 11.4 Å². The molecule has 1 aromatic rings. The van der Waals surface area contributed by atoms with Crippen molar-refractivity contribution in [1.29, 1.82) is 0 Å². The number of carbonyl (C=O) groups is 1. The lowest BCUT2D eigenvalue weighted by molar-refractivity contribution is -0.143. The van der Waals surface area contributed by atoms with Gasteiger partial charge in [-0.1, -0.05) is 19.8 Å². The topological polar surface area (TPSA) is 78.3 Å². The van der Waals surface area contributed by atoms with Gasteiger partial charge in [0.1, 0.15) is 0 Å². The van der Waals surface area contributed by atoms with Gasteiger partial charge in [-0.2, -0.15) is 0 Å². The summed E-state index contributed by atoms with van der Waals surface area (Å²) in [5.74, 6) is -0.125. The van der Waals surface area contributed by atoms with Gasteiger partial charge in [0.25, 0.3) is 0 Å². The van der Waals surface area contributed by atoms with E-state index >= 15 is 0 Å². The maximum absolute atomic E-state index is 11.4. The van der Waals surface area contributed by atoms with Crippen LogP contribution in [-0.4, -0.2) is 12.6 Å². The van der Waals surface area contributed by atoms with Crippen molar-refractivity contribution in [3.63, 3.8) is 0 Å². The van der Waals surface area contributed by atoms with E-state index in [9.17, 15) is 4.79 Å². The number of ether oxygens (including phenoxy) is 1. The molecule has 0 aliphatic heterocycles. The quantitative estimate of drug-likeness (QED) is 0.443. The molecule has 0 atom stereocenters. The van der Waals surface area contributed by atoms with Gasteiger partial charge in [0.2, 0.25) is 0 Å². The van der Waals surface area contributed by atoms with Gasteiger partial charge in [-0.3, -0.25) is 4.79 Å². The van der Waals surface area contributed by atoms with Crippen LogP contribution < -0.4 is 11.5 Å². The first-order chi connectivity index (χ1) is 8.61. The summed E-state index contributed by atoms with van der Waals surface area (Å²) >= 11 is 0. The highest BCUT2D eigenvalue weighted by Gasteiger charge is 2.03. The maximum Gasteiger partial charge on any atom is 0.305 e. The Hall–Kier alpha value is -1.71. The molecule has 4 N–H and O–H groups in total. The molecule has 1 aromatic carbocycles. The van der Waals surface area contributed by atoms with Crippen molar-refractivity contribution in [3.8, 4) is 0 Å². The monoisotopic (exact) mass is 250 g/mol. The molecule has 0 saturated heterocycles. The van der Waals surface area contributed by atoms with Gasteiger partial charge in [0.05, 0.1) is 6.61 Å². The van der Waals surface area contributed by atoms with Crippen LogP contribution in [0.15, 0.2) is 18.2 Å². The molecule has 0 radical (unpaired) electrons. The van der Waals surface area contributed by atoms with Gasteiger partial charge < -0.3 is 16.2 Å². The van der Waals surface area contributed by atoms with Crippen LogP contribution in [0.5, 0.6) is 0 Å². The van der Waals surface area contributed by atoms with E-state index in [1.807, 2.05) is 12.1 Å². The van der Waals surface area contributed by atoms with E-state index in [4.69, 9.17) is 16.2 Å². The number of unbranched alkanes of at least 4 members (excludes halogenated alkanes) is 2. The van der Waals surface area contributed by atoms with Crippen molar-refractivity contribution in [1.82, 2.24) is 0 Å². The smallest absolute Gasteiger partial charge is 0.305 e. The molecule has 0 heterocycles. The lowest BCUT2D eigenvalue weighted by Gasteiger charge is -2.06. The summed E-state index contributed by atoms with van der Waals surface area (Å²) in [6, 6.07) is 5.41. The van der Waals surface area contributed by atoms with Crippen LogP contribution in [0.25, 0.3) is 0 Å². The zero-order chi connectivity index (χ0) is 13.4. The Morgan fingerprint density at radius 2 is 1.83 bits per heavy atom. The molecule has 0 spiro atoms. The zero-order valence-corrected chi connectivity index (χ0v) is 10.9. The molecule has 0 amide bonds. The van der Waals surface area contributed by atoms with Crippen molar-refractivity contribution in [2.24, 2.45) is 0 Å². The first-order valence-electron chi connectivity index (χ1n) is 6.42. The molecule has 1 rings (SSSR count). The van der Waals surface area contributed by atoms with Gasteiger partial charge in [0.15, 0.2) is 0 Å².